The van der Waals surface area contributed by atoms with Gasteiger partial charge in [-0.3, -0.25) is 0 Å². The second-order valence-corrected chi connectivity index (χ2v) is 5.32. The van der Waals surface area contributed by atoms with E-state index in [1.807, 2.05) is 6.07 Å². The third-order valence-electron chi connectivity index (χ3n) is 3.14. The van der Waals surface area contributed by atoms with Crippen molar-refractivity contribution < 1.29 is 4.74 Å². The molecule has 2 rings (SSSR count). The minimum atomic E-state index is 0.683. The fraction of sp³-hybridized carbons (Fsp3) is 0.692. The van der Waals surface area contributed by atoms with Gasteiger partial charge < -0.3 is 9.64 Å². The van der Waals surface area contributed by atoms with Crippen LogP contribution in [0.2, 0.25) is 0 Å². The molecule has 1 fully saturated rings. The highest BCUT2D eigenvalue weighted by molar-refractivity contribution is 9.09. The van der Waals surface area contributed by atoms with Gasteiger partial charge in [-0.25, -0.2) is 9.97 Å². The fourth-order valence-corrected chi connectivity index (χ4v) is 2.72. The van der Waals surface area contributed by atoms with Gasteiger partial charge in [-0.05, 0) is 25.2 Å². The Morgan fingerprint density at radius 2 is 2.39 bits per heavy atom. The van der Waals surface area contributed by atoms with Crippen LogP contribution in [0.5, 0.6) is 5.88 Å². The number of ether oxygens (including phenoxy) is 1. The van der Waals surface area contributed by atoms with Crippen molar-refractivity contribution in [2.24, 2.45) is 5.92 Å². The highest BCUT2D eigenvalue weighted by Gasteiger charge is 2.20. The molecular formula is C13H20BrN3O. The van der Waals surface area contributed by atoms with Gasteiger partial charge in [0.1, 0.15) is 12.1 Å². The molecule has 1 saturated heterocycles. The second kappa shape index (κ2) is 6.92. The highest BCUT2D eigenvalue weighted by atomic mass is 79.9. The van der Waals surface area contributed by atoms with Gasteiger partial charge in [0.2, 0.25) is 5.88 Å². The third kappa shape index (κ3) is 3.57. The number of rotatable bonds is 5. The summed E-state index contributed by atoms with van der Waals surface area (Å²) in [5, 5.41) is 1.06. The number of aromatic nitrogens is 2. The van der Waals surface area contributed by atoms with E-state index in [0.717, 1.165) is 30.7 Å². The summed E-state index contributed by atoms with van der Waals surface area (Å²) < 4.78 is 5.55. The fourth-order valence-electron chi connectivity index (χ4n) is 2.19. The summed E-state index contributed by atoms with van der Waals surface area (Å²) in [6.45, 7) is 4.94. The summed E-state index contributed by atoms with van der Waals surface area (Å²) in [7, 11) is 0. The topological polar surface area (TPSA) is 38.2 Å². The van der Waals surface area contributed by atoms with Crippen LogP contribution in [0.25, 0.3) is 0 Å². The predicted molar refractivity (Wildman–Crippen MR) is 76.5 cm³/mol. The summed E-state index contributed by atoms with van der Waals surface area (Å²) >= 11 is 3.58. The van der Waals surface area contributed by atoms with Crippen LogP contribution in [0.1, 0.15) is 26.2 Å². The van der Waals surface area contributed by atoms with Crippen LogP contribution in [-0.4, -0.2) is 35.0 Å². The van der Waals surface area contributed by atoms with Crippen molar-refractivity contribution in [3.8, 4) is 5.88 Å². The summed E-state index contributed by atoms with van der Waals surface area (Å²) in [5.74, 6) is 2.39. The summed E-state index contributed by atoms with van der Waals surface area (Å²) in [4.78, 5) is 10.8. The van der Waals surface area contributed by atoms with Crippen LogP contribution in [0.4, 0.5) is 5.82 Å². The lowest BCUT2D eigenvalue weighted by Gasteiger charge is -2.32. The van der Waals surface area contributed by atoms with Crippen molar-refractivity contribution in [3.05, 3.63) is 12.4 Å². The molecule has 0 amide bonds. The first-order chi connectivity index (χ1) is 8.83. The Morgan fingerprint density at radius 3 is 3.17 bits per heavy atom. The normalized spacial score (nSPS) is 19.9. The predicted octanol–water partition coefficient (Wildman–Crippen LogP) is 2.88. The van der Waals surface area contributed by atoms with Crippen molar-refractivity contribution >= 4 is 21.7 Å². The van der Waals surface area contributed by atoms with Gasteiger partial charge in [-0.15, -0.1) is 0 Å². The monoisotopic (exact) mass is 313 g/mol. The lowest BCUT2D eigenvalue weighted by atomic mass is 10.0. The first kappa shape index (κ1) is 13.6. The van der Waals surface area contributed by atoms with Gasteiger partial charge in [0.15, 0.2) is 0 Å². The van der Waals surface area contributed by atoms with E-state index in [-0.39, 0.29) is 0 Å². The Hall–Kier alpha value is -0.840. The quantitative estimate of drug-likeness (QED) is 0.783. The Bertz CT molecular complexity index is 375. The molecule has 0 aliphatic carbocycles. The highest BCUT2D eigenvalue weighted by Crippen LogP contribution is 2.24. The van der Waals surface area contributed by atoms with E-state index in [4.69, 9.17) is 4.74 Å². The Labute approximate surface area is 117 Å². The smallest absolute Gasteiger partial charge is 0.218 e. The van der Waals surface area contributed by atoms with E-state index >= 15 is 0 Å². The van der Waals surface area contributed by atoms with Gasteiger partial charge in [-0.1, -0.05) is 22.9 Å². The van der Waals surface area contributed by atoms with Crippen molar-refractivity contribution in [3.63, 3.8) is 0 Å². The lowest BCUT2D eigenvalue weighted by molar-refractivity contribution is 0.304. The first-order valence-corrected chi connectivity index (χ1v) is 7.71. The summed E-state index contributed by atoms with van der Waals surface area (Å²) in [6.07, 6.45) is 5.12. The van der Waals surface area contributed by atoms with Crippen molar-refractivity contribution in [1.82, 2.24) is 9.97 Å². The molecule has 4 nitrogen and oxygen atoms in total. The maximum Gasteiger partial charge on any atom is 0.218 e. The molecule has 5 heteroatoms. The van der Waals surface area contributed by atoms with Crippen LogP contribution in [0.3, 0.4) is 0 Å². The number of anilines is 1. The average molecular weight is 314 g/mol. The van der Waals surface area contributed by atoms with Crippen molar-refractivity contribution in [2.75, 3.05) is 29.9 Å². The van der Waals surface area contributed by atoms with E-state index < -0.39 is 0 Å². The molecule has 0 radical (unpaired) electrons. The number of alkyl halides is 1. The number of halogens is 1. The Kier molecular flexibility index (Phi) is 5.23. The van der Waals surface area contributed by atoms with Gasteiger partial charge in [0.25, 0.3) is 0 Å². The lowest BCUT2D eigenvalue weighted by Crippen LogP contribution is -2.36. The average Bonchev–Trinajstić information content (AvgIpc) is 2.45. The van der Waals surface area contributed by atoms with Gasteiger partial charge in [-0.2, -0.15) is 0 Å². The number of nitrogens with zero attached hydrogens (tertiary/aromatic N) is 3. The van der Waals surface area contributed by atoms with Gasteiger partial charge >= 0.3 is 0 Å². The molecule has 1 aromatic heterocycles. The molecule has 0 N–H and O–H groups in total. The van der Waals surface area contributed by atoms with Crippen molar-refractivity contribution in [1.29, 1.82) is 0 Å². The molecule has 100 valence electrons. The minimum absolute atomic E-state index is 0.683. The molecule has 0 spiro atoms. The largest absolute Gasteiger partial charge is 0.478 e. The molecule has 2 heterocycles. The van der Waals surface area contributed by atoms with Crippen LogP contribution in [-0.2, 0) is 0 Å². The zero-order valence-electron chi connectivity index (χ0n) is 10.8. The summed E-state index contributed by atoms with van der Waals surface area (Å²) in [5.41, 5.74) is 0. The van der Waals surface area contributed by atoms with Crippen LogP contribution < -0.4 is 9.64 Å². The molecule has 18 heavy (non-hydrogen) atoms. The molecule has 1 unspecified atom stereocenters. The van der Waals surface area contributed by atoms with Gasteiger partial charge in [0, 0.05) is 24.5 Å². The Morgan fingerprint density at radius 1 is 1.50 bits per heavy atom. The maximum absolute atomic E-state index is 5.55. The third-order valence-corrected chi connectivity index (χ3v) is 4.06. The maximum atomic E-state index is 5.55. The molecular weight excluding hydrogens is 294 g/mol. The molecule has 1 aliphatic heterocycles. The number of hydrogen-bond donors (Lipinski definition) is 0. The Balaban J connectivity index is 2.02. The second-order valence-electron chi connectivity index (χ2n) is 4.67. The molecule has 1 aromatic rings. The van der Waals surface area contributed by atoms with E-state index in [0.29, 0.717) is 18.4 Å². The number of piperidine rings is 1. The van der Waals surface area contributed by atoms with E-state index in [9.17, 15) is 0 Å². The molecule has 0 bridgehead atoms. The zero-order valence-corrected chi connectivity index (χ0v) is 12.4. The summed E-state index contributed by atoms with van der Waals surface area (Å²) in [6, 6.07) is 1.95. The van der Waals surface area contributed by atoms with Crippen LogP contribution in [0.15, 0.2) is 12.4 Å². The molecule has 1 atom stereocenters. The standard InChI is InChI=1S/C13H20BrN3O/c1-2-6-18-13-7-12(15-10-16-13)17-5-3-4-11(8-14)9-17/h7,10-11H,2-6,8-9H2,1H3. The molecule has 1 aliphatic rings. The minimum Gasteiger partial charge on any atom is -0.478 e. The van der Waals surface area contributed by atoms with E-state index in [2.05, 4.69) is 37.7 Å². The van der Waals surface area contributed by atoms with Crippen LogP contribution >= 0.6 is 15.9 Å². The number of hydrogen-bond acceptors (Lipinski definition) is 4. The SMILES string of the molecule is CCCOc1cc(N2CCCC(CBr)C2)ncn1. The van der Waals surface area contributed by atoms with Crippen LogP contribution in [0, 0.1) is 5.92 Å². The molecule has 0 aromatic carbocycles. The van der Waals surface area contributed by atoms with Gasteiger partial charge in [0.05, 0.1) is 6.61 Å². The van der Waals surface area contributed by atoms with Crippen molar-refractivity contribution in [2.45, 2.75) is 26.2 Å². The first-order valence-electron chi connectivity index (χ1n) is 6.59. The zero-order chi connectivity index (χ0) is 12.8. The van der Waals surface area contributed by atoms with E-state index in [1.54, 1.807) is 6.33 Å². The van der Waals surface area contributed by atoms with E-state index in [1.165, 1.54) is 12.8 Å². The molecule has 0 saturated carbocycles.